The van der Waals surface area contributed by atoms with Crippen LogP contribution in [-0.2, 0) is 0 Å². The Hall–Kier alpha value is -2.21. The second-order valence-corrected chi connectivity index (χ2v) is 5.19. The van der Waals surface area contributed by atoms with Gasteiger partial charge in [0.1, 0.15) is 11.5 Å². The number of aliphatic hydroxyl groups excluding tert-OH is 1. The zero-order valence-corrected chi connectivity index (χ0v) is 11.4. The highest BCUT2D eigenvalue weighted by Gasteiger charge is 2.27. The molecular formula is C15H16FN3O2. The van der Waals surface area contributed by atoms with Gasteiger partial charge in [0.25, 0.3) is 5.91 Å². The Morgan fingerprint density at radius 3 is 2.90 bits per heavy atom. The third kappa shape index (κ3) is 2.67. The van der Waals surface area contributed by atoms with Gasteiger partial charge in [-0.25, -0.2) is 9.07 Å². The summed E-state index contributed by atoms with van der Waals surface area (Å²) in [5.41, 5.74) is 0.600. The van der Waals surface area contributed by atoms with Gasteiger partial charge in [-0.3, -0.25) is 4.79 Å². The molecule has 1 aromatic carbocycles. The number of carbonyl (C=O) groups excluding carboxylic acids is 1. The van der Waals surface area contributed by atoms with Gasteiger partial charge in [0.2, 0.25) is 0 Å². The highest BCUT2D eigenvalue weighted by Crippen LogP contribution is 2.18. The summed E-state index contributed by atoms with van der Waals surface area (Å²) in [5.74, 6) is -0.426. The summed E-state index contributed by atoms with van der Waals surface area (Å²) in [7, 11) is 0. The molecular weight excluding hydrogens is 273 g/mol. The molecule has 5 nitrogen and oxygen atoms in total. The number of rotatable bonds is 3. The molecule has 0 radical (unpaired) electrons. The maximum Gasteiger partial charge on any atom is 0.274 e. The Balaban J connectivity index is 1.79. The van der Waals surface area contributed by atoms with Crippen molar-refractivity contribution >= 4 is 5.91 Å². The molecule has 0 bridgehead atoms. The first-order valence-corrected chi connectivity index (χ1v) is 6.89. The van der Waals surface area contributed by atoms with Crippen LogP contribution >= 0.6 is 0 Å². The van der Waals surface area contributed by atoms with Crippen molar-refractivity contribution in [1.82, 2.24) is 14.7 Å². The summed E-state index contributed by atoms with van der Waals surface area (Å²) in [6.45, 7) is 1.26. The van der Waals surface area contributed by atoms with Gasteiger partial charge < -0.3 is 10.0 Å². The molecule has 110 valence electrons. The van der Waals surface area contributed by atoms with Crippen LogP contribution < -0.4 is 0 Å². The molecule has 1 atom stereocenters. The van der Waals surface area contributed by atoms with Crippen LogP contribution in [0.4, 0.5) is 4.39 Å². The summed E-state index contributed by atoms with van der Waals surface area (Å²) in [5, 5.41) is 13.3. The van der Waals surface area contributed by atoms with Crippen molar-refractivity contribution in [3.8, 4) is 5.69 Å². The van der Waals surface area contributed by atoms with Crippen LogP contribution in [0.1, 0.15) is 16.9 Å². The first-order chi connectivity index (χ1) is 10.2. The van der Waals surface area contributed by atoms with E-state index in [1.807, 2.05) is 0 Å². The van der Waals surface area contributed by atoms with E-state index in [0.29, 0.717) is 18.8 Å². The quantitative estimate of drug-likeness (QED) is 0.931. The zero-order chi connectivity index (χ0) is 14.8. The van der Waals surface area contributed by atoms with Gasteiger partial charge in [-0.05, 0) is 24.6 Å². The minimum absolute atomic E-state index is 0.0907. The Labute approximate surface area is 121 Å². The largest absolute Gasteiger partial charge is 0.396 e. The third-order valence-corrected chi connectivity index (χ3v) is 3.74. The first kappa shape index (κ1) is 13.8. The Kier molecular flexibility index (Phi) is 3.70. The SMILES string of the molecule is O=C(c1ccn(-c2ccccc2F)n1)N1CCC(CO)C1. The van der Waals surface area contributed by atoms with Crippen molar-refractivity contribution < 1.29 is 14.3 Å². The van der Waals surface area contributed by atoms with Crippen LogP contribution in [0, 0.1) is 11.7 Å². The fraction of sp³-hybridized carbons (Fsp3) is 0.333. The number of aliphatic hydroxyl groups is 1. The van der Waals surface area contributed by atoms with E-state index < -0.39 is 0 Å². The molecule has 2 heterocycles. The molecule has 1 N–H and O–H groups in total. The number of para-hydroxylation sites is 1. The lowest BCUT2D eigenvalue weighted by atomic mass is 10.1. The predicted octanol–water partition coefficient (Wildman–Crippen LogP) is 1.47. The molecule has 2 aromatic rings. The van der Waals surface area contributed by atoms with Gasteiger partial charge >= 0.3 is 0 Å². The molecule has 1 aliphatic rings. The lowest BCUT2D eigenvalue weighted by molar-refractivity contribution is 0.0775. The Morgan fingerprint density at radius 1 is 1.38 bits per heavy atom. The van der Waals surface area contributed by atoms with Crippen molar-refractivity contribution in [2.24, 2.45) is 5.92 Å². The van der Waals surface area contributed by atoms with Gasteiger partial charge in [-0.1, -0.05) is 12.1 Å². The van der Waals surface area contributed by atoms with Gasteiger partial charge in [0.05, 0.1) is 0 Å². The Morgan fingerprint density at radius 2 is 2.19 bits per heavy atom. The Bertz CT molecular complexity index is 656. The molecule has 1 amide bonds. The number of benzene rings is 1. The second kappa shape index (κ2) is 5.65. The lowest BCUT2D eigenvalue weighted by Crippen LogP contribution is -2.29. The molecule has 1 fully saturated rings. The van der Waals surface area contributed by atoms with Gasteiger partial charge in [0, 0.05) is 31.8 Å². The smallest absolute Gasteiger partial charge is 0.274 e. The summed E-state index contributed by atoms with van der Waals surface area (Å²) in [6, 6.07) is 7.86. The van der Waals surface area contributed by atoms with Crippen molar-refractivity contribution in [1.29, 1.82) is 0 Å². The fourth-order valence-corrected chi connectivity index (χ4v) is 2.54. The monoisotopic (exact) mass is 289 g/mol. The molecule has 0 spiro atoms. The second-order valence-electron chi connectivity index (χ2n) is 5.19. The number of aromatic nitrogens is 2. The van der Waals surface area contributed by atoms with E-state index in [0.717, 1.165) is 6.42 Å². The summed E-state index contributed by atoms with van der Waals surface area (Å²) in [4.78, 5) is 14.0. The average Bonchev–Trinajstić information content (AvgIpc) is 3.16. The van der Waals surface area contributed by atoms with Crippen LogP contribution in [0.5, 0.6) is 0 Å². The van der Waals surface area contributed by atoms with Gasteiger partial charge in [-0.15, -0.1) is 0 Å². The van der Waals surface area contributed by atoms with Crippen molar-refractivity contribution in [3.63, 3.8) is 0 Å². The van der Waals surface area contributed by atoms with E-state index in [1.54, 1.807) is 35.4 Å². The van der Waals surface area contributed by atoms with E-state index >= 15 is 0 Å². The fourth-order valence-electron chi connectivity index (χ4n) is 2.54. The molecule has 21 heavy (non-hydrogen) atoms. The van der Waals surface area contributed by atoms with E-state index in [4.69, 9.17) is 5.11 Å². The minimum atomic E-state index is -0.388. The average molecular weight is 289 g/mol. The molecule has 0 aliphatic carbocycles. The summed E-state index contributed by atoms with van der Waals surface area (Å²) < 4.78 is 15.1. The number of amides is 1. The molecule has 1 aliphatic heterocycles. The van der Waals surface area contributed by atoms with E-state index in [2.05, 4.69) is 5.10 Å². The van der Waals surface area contributed by atoms with Crippen LogP contribution in [0.25, 0.3) is 5.69 Å². The van der Waals surface area contributed by atoms with Crippen LogP contribution in [0.15, 0.2) is 36.5 Å². The molecule has 0 saturated carbocycles. The topological polar surface area (TPSA) is 58.4 Å². The molecule has 1 saturated heterocycles. The lowest BCUT2D eigenvalue weighted by Gasteiger charge is -2.14. The van der Waals surface area contributed by atoms with Crippen molar-refractivity contribution in [3.05, 3.63) is 48.0 Å². The highest BCUT2D eigenvalue weighted by molar-refractivity contribution is 5.92. The maximum atomic E-state index is 13.7. The molecule has 1 unspecified atom stereocenters. The zero-order valence-electron chi connectivity index (χ0n) is 11.4. The number of likely N-dealkylation sites (tertiary alicyclic amines) is 1. The van der Waals surface area contributed by atoms with Crippen LogP contribution in [0.2, 0.25) is 0 Å². The van der Waals surface area contributed by atoms with Gasteiger partial charge in [0.15, 0.2) is 5.69 Å². The number of hydrogen-bond acceptors (Lipinski definition) is 3. The summed E-state index contributed by atoms with van der Waals surface area (Å²) in [6.07, 6.45) is 2.38. The number of halogens is 1. The van der Waals surface area contributed by atoms with Gasteiger partial charge in [-0.2, -0.15) is 5.10 Å². The normalized spacial score (nSPS) is 18.2. The van der Waals surface area contributed by atoms with E-state index in [-0.39, 0.29) is 29.9 Å². The van der Waals surface area contributed by atoms with E-state index in [9.17, 15) is 9.18 Å². The molecule has 6 heteroatoms. The number of nitrogens with zero attached hydrogens (tertiary/aromatic N) is 3. The number of carbonyl (C=O) groups is 1. The van der Waals surface area contributed by atoms with Crippen LogP contribution in [-0.4, -0.2) is 45.4 Å². The minimum Gasteiger partial charge on any atom is -0.396 e. The third-order valence-electron chi connectivity index (χ3n) is 3.74. The number of hydrogen-bond donors (Lipinski definition) is 1. The highest BCUT2D eigenvalue weighted by atomic mass is 19.1. The van der Waals surface area contributed by atoms with Crippen molar-refractivity contribution in [2.75, 3.05) is 19.7 Å². The van der Waals surface area contributed by atoms with E-state index in [1.165, 1.54) is 10.7 Å². The molecule has 3 rings (SSSR count). The first-order valence-electron chi connectivity index (χ1n) is 6.89. The standard InChI is InChI=1S/C15H16FN3O2/c16-12-3-1-2-4-14(12)19-8-6-13(17-19)15(21)18-7-5-11(9-18)10-20/h1-4,6,8,11,20H,5,7,9-10H2. The molecule has 1 aromatic heterocycles. The van der Waals surface area contributed by atoms with Crippen LogP contribution in [0.3, 0.4) is 0 Å². The van der Waals surface area contributed by atoms with Crippen molar-refractivity contribution in [2.45, 2.75) is 6.42 Å². The predicted molar refractivity (Wildman–Crippen MR) is 74.6 cm³/mol. The summed E-state index contributed by atoms with van der Waals surface area (Å²) >= 11 is 0. The maximum absolute atomic E-state index is 13.7.